The van der Waals surface area contributed by atoms with E-state index < -0.39 is 0 Å². The van der Waals surface area contributed by atoms with E-state index in [0.717, 1.165) is 17.1 Å². The highest BCUT2D eigenvalue weighted by molar-refractivity contribution is 6.31. The van der Waals surface area contributed by atoms with Crippen LogP contribution in [-0.2, 0) is 0 Å². The first-order valence-electron chi connectivity index (χ1n) is 5.22. The molecule has 0 saturated carbocycles. The Bertz CT molecular complexity index is 316. The number of hydrogen-bond donors (Lipinski definition) is 1. The Kier molecular flexibility index (Phi) is 7.00. The quantitative estimate of drug-likeness (QED) is 0.904. The lowest BCUT2D eigenvalue weighted by Gasteiger charge is -2.27. The molecule has 1 aromatic rings. The van der Waals surface area contributed by atoms with Gasteiger partial charge in [0.05, 0.1) is 0 Å². The molecule has 0 fully saturated rings. The first-order valence-corrected chi connectivity index (χ1v) is 5.60. The topological polar surface area (TPSA) is 29.3 Å². The van der Waals surface area contributed by atoms with Gasteiger partial charge in [0.15, 0.2) is 0 Å². The van der Waals surface area contributed by atoms with Crippen LogP contribution in [0.3, 0.4) is 0 Å². The summed E-state index contributed by atoms with van der Waals surface area (Å²) in [7, 11) is 2.07. The molecule has 2 nitrogen and oxygen atoms in total. The van der Waals surface area contributed by atoms with Gasteiger partial charge in [-0.1, -0.05) is 29.8 Å². The van der Waals surface area contributed by atoms with Gasteiger partial charge in [-0.2, -0.15) is 0 Å². The fourth-order valence-corrected chi connectivity index (χ4v) is 1.96. The van der Waals surface area contributed by atoms with Crippen molar-refractivity contribution in [3.05, 3.63) is 34.9 Å². The maximum atomic E-state index is 6.14. The molecule has 1 rings (SSSR count). The van der Waals surface area contributed by atoms with E-state index in [4.69, 9.17) is 17.3 Å². The second kappa shape index (κ2) is 7.13. The highest BCUT2D eigenvalue weighted by Crippen LogP contribution is 2.25. The highest BCUT2D eigenvalue weighted by Gasteiger charge is 2.14. The molecule has 0 heterocycles. The number of benzene rings is 1. The van der Waals surface area contributed by atoms with Crippen LogP contribution in [0.25, 0.3) is 0 Å². The Morgan fingerprint density at radius 1 is 1.31 bits per heavy atom. The van der Waals surface area contributed by atoms with Crippen LogP contribution < -0.4 is 5.73 Å². The molecule has 0 aromatic heterocycles. The van der Waals surface area contributed by atoms with Crippen molar-refractivity contribution in [2.75, 3.05) is 13.6 Å². The van der Waals surface area contributed by atoms with Gasteiger partial charge in [0.1, 0.15) is 0 Å². The summed E-state index contributed by atoms with van der Waals surface area (Å²) >= 11 is 6.14. The molecule has 16 heavy (non-hydrogen) atoms. The van der Waals surface area contributed by atoms with Gasteiger partial charge in [0, 0.05) is 23.7 Å². The summed E-state index contributed by atoms with van der Waals surface area (Å²) in [6.07, 6.45) is 0. The average Bonchev–Trinajstić information content (AvgIpc) is 2.16. The largest absolute Gasteiger partial charge is 0.327 e. The molecule has 1 aromatic carbocycles. The standard InChI is InChI=1S/C12H19ClN2.ClH/c1-9(14)8-15(3)10(2)11-6-4-5-7-12(11)13;/h4-7,9-10H,8,14H2,1-3H3;1H. The van der Waals surface area contributed by atoms with Crippen LogP contribution in [0.4, 0.5) is 0 Å². The van der Waals surface area contributed by atoms with Crippen molar-refractivity contribution in [1.82, 2.24) is 4.90 Å². The van der Waals surface area contributed by atoms with Gasteiger partial charge in [0.25, 0.3) is 0 Å². The van der Waals surface area contributed by atoms with Gasteiger partial charge >= 0.3 is 0 Å². The van der Waals surface area contributed by atoms with Crippen LogP contribution in [0.2, 0.25) is 5.02 Å². The highest BCUT2D eigenvalue weighted by atomic mass is 35.5. The molecule has 92 valence electrons. The fourth-order valence-electron chi connectivity index (χ4n) is 1.66. The van der Waals surface area contributed by atoms with Crippen LogP contribution in [0.15, 0.2) is 24.3 Å². The molecule has 0 amide bonds. The van der Waals surface area contributed by atoms with Crippen LogP contribution in [0, 0.1) is 0 Å². The summed E-state index contributed by atoms with van der Waals surface area (Å²) < 4.78 is 0. The van der Waals surface area contributed by atoms with Crippen molar-refractivity contribution >= 4 is 24.0 Å². The summed E-state index contributed by atoms with van der Waals surface area (Å²) in [5.41, 5.74) is 6.93. The zero-order chi connectivity index (χ0) is 11.4. The predicted octanol–water partition coefficient (Wildman–Crippen LogP) is 3.10. The van der Waals surface area contributed by atoms with E-state index in [1.807, 2.05) is 25.1 Å². The minimum absolute atomic E-state index is 0. The third kappa shape index (κ3) is 4.30. The van der Waals surface area contributed by atoms with Crippen molar-refractivity contribution in [1.29, 1.82) is 0 Å². The summed E-state index contributed by atoms with van der Waals surface area (Å²) in [6, 6.07) is 8.42. The monoisotopic (exact) mass is 262 g/mol. The molecule has 0 spiro atoms. The van der Waals surface area contributed by atoms with Crippen LogP contribution in [0.1, 0.15) is 25.5 Å². The van der Waals surface area contributed by atoms with E-state index in [1.54, 1.807) is 0 Å². The molecule has 0 radical (unpaired) electrons. The van der Waals surface area contributed by atoms with Gasteiger partial charge < -0.3 is 5.73 Å². The molecular formula is C12H20Cl2N2. The van der Waals surface area contributed by atoms with Crippen LogP contribution >= 0.6 is 24.0 Å². The lowest BCUT2D eigenvalue weighted by Crippen LogP contribution is -2.34. The Labute approximate surface area is 109 Å². The van der Waals surface area contributed by atoms with E-state index >= 15 is 0 Å². The Morgan fingerprint density at radius 3 is 2.38 bits per heavy atom. The third-order valence-electron chi connectivity index (χ3n) is 2.59. The van der Waals surface area contributed by atoms with E-state index in [0.29, 0.717) is 6.04 Å². The maximum Gasteiger partial charge on any atom is 0.0453 e. The van der Waals surface area contributed by atoms with E-state index in [-0.39, 0.29) is 18.4 Å². The van der Waals surface area contributed by atoms with Crippen molar-refractivity contribution in [3.63, 3.8) is 0 Å². The lowest BCUT2D eigenvalue weighted by molar-refractivity contribution is 0.249. The minimum atomic E-state index is 0. The average molecular weight is 263 g/mol. The van der Waals surface area contributed by atoms with Crippen molar-refractivity contribution in [2.24, 2.45) is 5.73 Å². The van der Waals surface area contributed by atoms with Gasteiger partial charge in [-0.15, -0.1) is 12.4 Å². The zero-order valence-corrected chi connectivity index (χ0v) is 11.6. The summed E-state index contributed by atoms with van der Waals surface area (Å²) in [5.74, 6) is 0. The van der Waals surface area contributed by atoms with Gasteiger partial charge in [-0.3, -0.25) is 4.90 Å². The summed E-state index contributed by atoms with van der Waals surface area (Å²) in [5, 5.41) is 0.821. The Hall–Kier alpha value is -0.280. The molecule has 0 aliphatic heterocycles. The Morgan fingerprint density at radius 2 is 1.88 bits per heavy atom. The van der Waals surface area contributed by atoms with Crippen molar-refractivity contribution in [2.45, 2.75) is 25.9 Å². The first-order chi connectivity index (χ1) is 7.02. The number of nitrogens with zero attached hydrogens (tertiary/aromatic N) is 1. The molecule has 0 aliphatic carbocycles. The number of nitrogens with two attached hydrogens (primary N) is 1. The molecule has 0 bridgehead atoms. The lowest BCUT2D eigenvalue weighted by atomic mass is 10.1. The summed E-state index contributed by atoms with van der Waals surface area (Å²) in [6.45, 7) is 5.02. The molecule has 2 unspecified atom stereocenters. The number of halogens is 2. The van der Waals surface area contributed by atoms with Crippen molar-refractivity contribution in [3.8, 4) is 0 Å². The first kappa shape index (κ1) is 15.7. The molecule has 2 N–H and O–H groups in total. The fraction of sp³-hybridized carbons (Fsp3) is 0.500. The predicted molar refractivity (Wildman–Crippen MR) is 73.4 cm³/mol. The van der Waals surface area contributed by atoms with E-state index in [9.17, 15) is 0 Å². The summed E-state index contributed by atoms with van der Waals surface area (Å²) in [4.78, 5) is 2.21. The van der Waals surface area contributed by atoms with Gasteiger partial charge in [-0.05, 0) is 32.5 Å². The van der Waals surface area contributed by atoms with E-state index in [1.165, 1.54) is 0 Å². The molecular weight excluding hydrogens is 243 g/mol. The number of likely N-dealkylation sites (N-methyl/N-ethyl adjacent to an activating group) is 1. The van der Waals surface area contributed by atoms with Crippen molar-refractivity contribution < 1.29 is 0 Å². The molecule has 0 aliphatic rings. The van der Waals surface area contributed by atoms with E-state index in [2.05, 4.69) is 24.9 Å². The second-order valence-corrected chi connectivity index (χ2v) is 4.52. The SMILES string of the molecule is CC(N)CN(C)C(C)c1ccccc1Cl.Cl. The van der Waals surface area contributed by atoms with Gasteiger partial charge in [-0.25, -0.2) is 0 Å². The van der Waals surface area contributed by atoms with Crippen LogP contribution in [0.5, 0.6) is 0 Å². The van der Waals surface area contributed by atoms with Gasteiger partial charge in [0.2, 0.25) is 0 Å². The number of hydrogen-bond acceptors (Lipinski definition) is 2. The van der Waals surface area contributed by atoms with Crippen LogP contribution in [-0.4, -0.2) is 24.5 Å². The smallest absolute Gasteiger partial charge is 0.0453 e. The zero-order valence-electron chi connectivity index (χ0n) is 9.98. The molecule has 4 heteroatoms. The third-order valence-corrected chi connectivity index (χ3v) is 2.94. The normalized spacial score (nSPS) is 14.4. The Balaban J connectivity index is 0.00000225. The number of rotatable bonds is 4. The molecule has 2 atom stereocenters. The molecule has 0 saturated heterocycles. The second-order valence-electron chi connectivity index (χ2n) is 4.11. The maximum absolute atomic E-state index is 6.14. The minimum Gasteiger partial charge on any atom is -0.327 e.